The number of carbonyl (C=O) groups excluding carboxylic acids is 1. The van der Waals surface area contributed by atoms with E-state index in [0.29, 0.717) is 23.8 Å². The minimum atomic E-state index is -0.527. The van der Waals surface area contributed by atoms with Gasteiger partial charge in [0.2, 0.25) is 11.8 Å². The molecule has 0 bridgehead atoms. The van der Waals surface area contributed by atoms with Crippen molar-refractivity contribution in [1.29, 1.82) is 0 Å². The number of halogens is 2. The van der Waals surface area contributed by atoms with Gasteiger partial charge in [-0.15, -0.1) is 0 Å². The summed E-state index contributed by atoms with van der Waals surface area (Å²) in [5.41, 5.74) is 1.51. The van der Waals surface area contributed by atoms with Gasteiger partial charge in [0.25, 0.3) is 0 Å². The Labute approximate surface area is 149 Å². The van der Waals surface area contributed by atoms with Gasteiger partial charge in [0.05, 0.1) is 5.02 Å². The summed E-state index contributed by atoms with van der Waals surface area (Å²) in [5.74, 6) is 0.248. The van der Waals surface area contributed by atoms with Crippen LogP contribution in [0.2, 0.25) is 5.02 Å². The van der Waals surface area contributed by atoms with Gasteiger partial charge in [-0.05, 0) is 37.2 Å². The zero-order valence-electron chi connectivity index (χ0n) is 13.8. The van der Waals surface area contributed by atoms with Crippen molar-refractivity contribution in [2.75, 3.05) is 25.5 Å². The molecule has 2 heterocycles. The summed E-state index contributed by atoms with van der Waals surface area (Å²) in [6, 6.07) is 4.03. The maximum absolute atomic E-state index is 13.1. The number of nitrogens with one attached hydrogen (secondary N) is 1. The zero-order chi connectivity index (χ0) is 17.8. The molecule has 1 aromatic heterocycles. The van der Waals surface area contributed by atoms with Crippen LogP contribution in [0.1, 0.15) is 24.6 Å². The lowest BCUT2D eigenvalue weighted by molar-refractivity contribution is -0.116. The molecule has 0 saturated heterocycles. The van der Waals surface area contributed by atoms with Crippen LogP contribution >= 0.6 is 11.6 Å². The first-order valence-corrected chi connectivity index (χ1v) is 8.34. The van der Waals surface area contributed by atoms with Gasteiger partial charge in [0, 0.05) is 31.6 Å². The number of hydrogen-bond donors (Lipinski definition) is 1. The lowest BCUT2D eigenvalue weighted by atomic mass is 10.1. The van der Waals surface area contributed by atoms with Crippen LogP contribution in [0.15, 0.2) is 28.8 Å². The van der Waals surface area contributed by atoms with Crippen molar-refractivity contribution >= 4 is 28.8 Å². The van der Waals surface area contributed by atoms with E-state index in [1.54, 1.807) is 0 Å². The average molecular weight is 365 g/mol. The molecule has 1 amide bonds. The second-order valence-corrected chi connectivity index (χ2v) is 6.34. The standard InChI is InChI=1S/C17H18ClFN4O2/c1-23-8-6-11(7-9-23)17-21-16(25-22-17)5-4-15(24)20-12-2-3-14(19)13(18)10-12/h2-3,6,10H,4-5,7-9H2,1H3,(H,20,24). The number of amides is 1. The van der Waals surface area contributed by atoms with E-state index in [-0.39, 0.29) is 17.4 Å². The van der Waals surface area contributed by atoms with E-state index in [1.165, 1.54) is 18.2 Å². The molecule has 1 N–H and O–H groups in total. The van der Waals surface area contributed by atoms with Crippen LogP contribution < -0.4 is 5.32 Å². The Hall–Kier alpha value is -2.25. The summed E-state index contributed by atoms with van der Waals surface area (Å²) in [4.78, 5) is 18.5. The molecule has 0 unspecified atom stereocenters. The molecule has 2 aromatic rings. The molecule has 0 spiro atoms. The molecule has 0 fully saturated rings. The van der Waals surface area contributed by atoms with Crippen LogP contribution in [0, 0.1) is 5.82 Å². The fraction of sp³-hybridized carbons (Fsp3) is 0.353. The molecule has 1 aliphatic rings. The largest absolute Gasteiger partial charge is 0.339 e. The number of aromatic nitrogens is 2. The van der Waals surface area contributed by atoms with Gasteiger partial charge in [-0.1, -0.05) is 22.8 Å². The first-order chi connectivity index (χ1) is 12.0. The van der Waals surface area contributed by atoms with Gasteiger partial charge < -0.3 is 14.7 Å². The molecule has 0 atom stereocenters. The van der Waals surface area contributed by atoms with Crippen molar-refractivity contribution in [3.8, 4) is 0 Å². The Kier molecular flexibility index (Phi) is 5.45. The number of anilines is 1. The summed E-state index contributed by atoms with van der Waals surface area (Å²) in [5, 5.41) is 6.61. The second-order valence-electron chi connectivity index (χ2n) is 5.93. The van der Waals surface area contributed by atoms with E-state index >= 15 is 0 Å². The predicted molar refractivity (Wildman–Crippen MR) is 92.7 cm³/mol. The third kappa shape index (κ3) is 4.64. The predicted octanol–water partition coefficient (Wildman–Crippen LogP) is 3.15. The number of benzene rings is 1. The number of carbonyl (C=O) groups is 1. The van der Waals surface area contributed by atoms with Crippen LogP contribution in [0.25, 0.3) is 5.57 Å². The van der Waals surface area contributed by atoms with Gasteiger partial charge in [-0.3, -0.25) is 4.79 Å². The summed E-state index contributed by atoms with van der Waals surface area (Å²) >= 11 is 5.69. The summed E-state index contributed by atoms with van der Waals surface area (Å²) in [6.45, 7) is 1.82. The summed E-state index contributed by atoms with van der Waals surface area (Å²) in [6.07, 6.45) is 3.48. The second kappa shape index (κ2) is 7.76. The van der Waals surface area contributed by atoms with Crippen LogP contribution in [-0.2, 0) is 11.2 Å². The molecular weight excluding hydrogens is 347 g/mol. The topological polar surface area (TPSA) is 71.3 Å². The van der Waals surface area contributed by atoms with Crippen molar-refractivity contribution in [2.45, 2.75) is 19.3 Å². The first kappa shape index (κ1) is 17.6. The monoisotopic (exact) mass is 364 g/mol. The van der Waals surface area contributed by atoms with Crippen LogP contribution in [-0.4, -0.2) is 41.1 Å². The van der Waals surface area contributed by atoms with E-state index in [9.17, 15) is 9.18 Å². The van der Waals surface area contributed by atoms with Crippen LogP contribution in [0.5, 0.6) is 0 Å². The van der Waals surface area contributed by atoms with Crippen molar-refractivity contribution in [3.63, 3.8) is 0 Å². The van der Waals surface area contributed by atoms with Crippen molar-refractivity contribution in [2.24, 2.45) is 0 Å². The number of hydrogen-bond acceptors (Lipinski definition) is 5. The fourth-order valence-corrected chi connectivity index (χ4v) is 2.66. The van der Waals surface area contributed by atoms with E-state index in [0.717, 1.165) is 25.1 Å². The van der Waals surface area contributed by atoms with E-state index in [4.69, 9.17) is 16.1 Å². The third-order valence-corrected chi connectivity index (χ3v) is 4.23. The minimum Gasteiger partial charge on any atom is -0.339 e. The molecule has 3 rings (SSSR count). The average Bonchev–Trinajstić information content (AvgIpc) is 3.06. The maximum Gasteiger partial charge on any atom is 0.227 e. The Balaban J connectivity index is 1.53. The molecule has 25 heavy (non-hydrogen) atoms. The number of nitrogens with zero attached hydrogens (tertiary/aromatic N) is 3. The lowest BCUT2D eigenvalue weighted by Crippen LogP contribution is -2.23. The number of rotatable bonds is 5. The highest BCUT2D eigenvalue weighted by atomic mass is 35.5. The normalized spacial score (nSPS) is 15.1. The fourth-order valence-electron chi connectivity index (χ4n) is 2.48. The molecule has 0 aliphatic carbocycles. The Morgan fingerprint density at radius 1 is 1.48 bits per heavy atom. The van der Waals surface area contributed by atoms with Gasteiger partial charge in [-0.2, -0.15) is 4.98 Å². The highest BCUT2D eigenvalue weighted by Crippen LogP contribution is 2.21. The molecule has 6 nitrogen and oxygen atoms in total. The molecular formula is C17H18ClFN4O2. The van der Waals surface area contributed by atoms with Gasteiger partial charge >= 0.3 is 0 Å². The maximum atomic E-state index is 13.1. The van der Waals surface area contributed by atoms with Crippen LogP contribution in [0.3, 0.4) is 0 Å². The van der Waals surface area contributed by atoms with Gasteiger partial charge in [0.1, 0.15) is 5.82 Å². The highest BCUT2D eigenvalue weighted by molar-refractivity contribution is 6.31. The van der Waals surface area contributed by atoms with Crippen molar-refractivity contribution in [3.05, 3.63) is 46.8 Å². The van der Waals surface area contributed by atoms with E-state index in [1.807, 2.05) is 0 Å². The van der Waals surface area contributed by atoms with E-state index in [2.05, 4.69) is 33.5 Å². The quantitative estimate of drug-likeness (QED) is 0.882. The molecule has 8 heteroatoms. The summed E-state index contributed by atoms with van der Waals surface area (Å²) < 4.78 is 18.3. The molecule has 132 valence electrons. The zero-order valence-corrected chi connectivity index (χ0v) is 14.5. The smallest absolute Gasteiger partial charge is 0.227 e. The Bertz CT molecular complexity index is 806. The molecule has 1 aliphatic heterocycles. The van der Waals surface area contributed by atoms with Crippen LogP contribution in [0.4, 0.5) is 10.1 Å². The minimum absolute atomic E-state index is 0.0363. The Morgan fingerprint density at radius 3 is 3.04 bits per heavy atom. The van der Waals surface area contributed by atoms with Crippen molar-refractivity contribution < 1.29 is 13.7 Å². The third-order valence-electron chi connectivity index (χ3n) is 3.94. The Morgan fingerprint density at radius 2 is 2.32 bits per heavy atom. The molecule has 1 aromatic carbocycles. The number of aryl methyl sites for hydroxylation is 1. The molecule has 0 radical (unpaired) electrons. The van der Waals surface area contributed by atoms with Gasteiger partial charge in [-0.25, -0.2) is 4.39 Å². The summed E-state index contributed by atoms with van der Waals surface area (Å²) in [7, 11) is 2.06. The van der Waals surface area contributed by atoms with E-state index < -0.39 is 5.82 Å². The van der Waals surface area contributed by atoms with Gasteiger partial charge in [0.15, 0.2) is 5.82 Å². The molecule has 0 saturated carbocycles. The van der Waals surface area contributed by atoms with Crippen molar-refractivity contribution in [1.82, 2.24) is 15.0 Å². The highest BCUT2D eigenvalue weighted by Gasteiger charge is 2.16. The SMILES string of the molecule is CN1CC=C(c2noc(CCC(=O)Nc3ccc(F)c(Cl)c3)n2)CC1. The first-order valence-electron chi connectivity index (χ1n) is 7.96. The lowest BCUT2D eigenvalue weighted by Gasteiger charge is -2.19. The number of likely N-dealkylation sites (N-methyl/N-ethyl adjacent to an activating group) is 1.